The maximum Gasteiger partial charge on any atom is 0.338 e. The average Bonchev–Trinajstić information content (AvgIpc) is 2.53. The summed E-state index contributed by atoms with van der Waals surface area (Å²) in [6.07, 6.45) is 1.42. The Morgan fingerprint density at radius 2 is 1.78 bits per heavy atom. The summed E-state index contributed by atoms with van der Waals surface area (Å²) >= 11 is 0. The predicted molar refractivity (Wildman–Crippen MR) is 83.3 cm³/mol. The van der Waals surface area contributed by atoms with Crippen LogP contribution in [0.2, 0.25) is 0 Å². The molecule has 0 radical (unpaired) electrons. The van der Waals surface area contributed by atoms with Crippen molar-refractivity contribution >= 4 is 17.9 Å². The Morgan fingerprint density at radius 3 is 2.35 bits per heavy atom. The van der Waals surface area contributed by atoms with Crippen LogP contribution in [0.3, 0.4) is 0 Å². The van der Waals surface area contributed by atoms with E-state index in [0.717, 1.165) is 6.42 Å². The van der Waals surface area contributed by atoms with Gasteiger partial charge < -0.3 is 14.6 Å². The highest BCUT2D eigenvalue weighted by molar-refractivity contribution is 5.89. The van der Waals surface area contributed by atoms with Crippen molar-refractivity contribution in [2.24, 2.45) is 0 Å². The molecular weight excluding hydrogens is 300 g/mol. The van der Waals surface area contributed by atoms with Crippen LogP contribution in [-0.4, -0.2) is 29.6 Å². The van der Waals surface area contributed by atoms with Crippen LogP contribution in [-0.2, 0) is 14.3 Å². The van der Waals surface area contributed by atoms with E-state index in [4.69, 9.17) is 14.6 Å². The van der Waals surface area contributed by atoms with Crippen LogP contribution >= 0.6 is 0 Å². The number of benzene rings is 1. The number of carbonyl (C=O) groups is 3. The van der Waals surface area contributed by atoms with E-state index in [0.29, 0.717) is 24.3 Å². The minimum atomic E-state index is -1.07. The normalized spacial score (nSPS) is 9.96. The number of esters is 2. The van der Waals surface area contributed by atoms with Gasteiger partial charge in [-0.1, -0.05) is 13.5 Å². The fraction of sp³-hybridized carbons (Fsp3) is 0.353. The van der Waals surface area contributed by atoms with Gasteiger partial charge in [0, 0.05) is 12.0 Å². The van der Waals surface area contributed by atoms with Gasteiger partial charge >= 0.3 is 17.9 Å². The van der Waals surface area contributed by atoms with Crippen molar-refractivity contribution in [2.75, 3.05) is 6.61 Å². The molecule has 0 spiro atoms. The number of hydrogen-bond acceptors (Lipinski definition) is 5. The first-order chi connectivity index (χ1) is 10.9. The highest BCUT2D eigenvalue weighted by atomic mass is 16.5. The lowest BCUT2D eigenvalue weighted by atomic mass is 10.1. The van der Waals surface area contributed by atoms with E-state index in [1.807, 2.05) is 6.92 Å². The minimum absolute atomic E-state index is 0.0627. The van der Waals surface area contributed by atoms with Crippen LogP contribution in [0.5, 0.6) is 5.75 Å². The third-order valence-electron chi connectivity index (χ3n) is 2.92. The molecule has 1 N–H and O–H groups in total. The molecule has 1 aromatic carbocycles. The monoisotopic (exact) mass is 320 g/mol. The second-order valence-corrected chi connectivity index (χ2v) is 4.90. The number of carboxylic acid groups (broad SMARTS) is 1. The fourth-order valence-electron chi connectivity index (χ4n) is 1.67. The molecular formula is C17H20O6. The van der Waals surface area contributed by atoms with Crippen molar-refractivity contribution in [3.05, 3.63) is 42.0 Å². The Balaban J connectivity index is 2.42. The predicted octanol–water partition coefficient (Wildman–Crippen LogP) is 2.97. The van der Waals surface area contributed by atoms with Gasteiger partial charge in [0.05, 0.1) is 12.2 Å². The van der Waals surface area contributed by atoms with Gasteiger partial charge in [-0.3, -0.25) is 4.79 Å². The molecule has 1 aromatic rings. The third-order valence-corrected chi connectivity index (χ3v) is 2.92. The molecule has 6 heteroatoms. The molecule has 0 saturated carbocycles. The van der Waals surface area contributed by atoms with Gasteiger partial charge in [-0.05, 0) is 43.5 Å². The van der Waals surface area contributed by atoms with E-state index in [1.165, 1.54) is 24.3 Å². The number of rotatable bonds is 9. The first-order valence-corrected chi connectivity index (χ1v) is 7.33. The van der Waals surface area contributed by atoms with E-state index in [2.05, 4.69) is 6.58 Å². The zero-order valence-electron chi connectivity index (χ0n) is 13.0. The van der Waals surface area contributed by atoms with E-state index in [-0.39, 0.29) is 18.4 Å². The van der Waals surface area contributed by atoms with Crippen molar-refractivity contribution < 1.29 is 29.0 Å². The summed E-state index contributed by atoms with van der Waals surface area (Å²) in [6.45, 7) is 5.65. The summed E-state index contributed by atoms with van der Waals surface area (Å²) in [4.78, 5) is 33.8. The Labute approximate surface area is 134 Å². The maximum atomic E-state index is 11.6. The minimum Gasteiger partial charge on any atom is -0.478 e. The van der Waals surface area contributed by atoms with Gasteiger partial charge in [-0.25, -0.2) is 9.59 Å². The van der Waals surface area contributed by atoms with Gasteiger partial charge in [0.25, 0.3) is 0 Å². The summed E-state index contributed by atoms with van der Waals surface area (Å²) < 4.78 is 10.1. The maximum absolute atomic E-state index is 11.6. The molecule has 124 valence electrons. The second kappa shape index (κ2) is 9.40. The molecule has 0 bridgehead atoms. The quantitative estimate of drug-likeness (QED) is 0.427. The van der Waals surface area contributed by atoms with E-state index >= 15 is 0 Å². The molecule has 0 aliphatic carbocycles. The summed E-state index contributed by atoms with van der Waals surface area (Å²) in [5, 5.41) is 8.65. The molecule has 0 aromatic heterocycles. The number of carbonyl (C=O) groups excluding carboxylic acids is 2. The molecule has 0 atom stereocenters. The lowest BCUT2D eigenvalue weighted by Crippen LogP contribution is -2.09. The van der Waals surface area contributed by atoms with Gasteiger partial charge in [0.2, 0.25) is 0 Å². The molecule has 0 fully saturated rings. The van der Waals surface area contributed by atoms with Gasteiger partial charge in [0.15, 0.2) is 0 Å². The lowest BCUT2D eigenvalue weighted by Gasteiger charge is -2.06. The van der Waals surface area contributed by atoms with Crippen LogP contribution in [0.15, 0.2) is 36.4 Å². The van der Waals surface area contributed by atoms with Gasteiger partial charge in [-0.2, -0.15) is 0 Å². The number of aliphatic carboxylic acids is 1. The van der Waals surface area contributed by atoms with Crippen molar-refractivity contribution in [1.82, 2.24) is 0 Å². The Bertz CT molecular complexity index is 573. The molecule has 23 heavy (non-hydrogen) atoms. The molecule has 1 rings (SSSR count). The molecule has 0 aliphatic heterocycles. The summed E-state index contributed by atoms with van der Waals surface area (Å²) in [6, 6.07) is 6.06. The first-order valence-electron chi connectivity index (χ1n) is 7.33. The highest BCUT2D eigenvalue weighted by Crippen LogP contribution is 2.15. The van der Waals surface area contributed by atoms with Crippen molar-refractivity contribution in [3.8, 4) is 5.75 Å². The Morgan fingerprint density at radius 1 is 1.13 bits per heavy atom. The average molecular weight is 320 g/mol. The van der Waals surface area contributed by atoms with Crippen LogP contribution in [0.25, 0.3) is 0 Å². The fourth-order valence-corrected chi connectivity index (χ4v) is 1.67. The zero-order valence-corrected chi connectivity index (χ0v) is 13.0. The molecule has 6 nitrogen and oxygen atoms in total. The highest BCUT2D eigenvalue weighted by Gasteiger charge is 2.10. The van der Waals surface area contributed by atoms with Crippen LogP contribution < -0.4 is 4.74 Å². The van der Waals surface area contributed by atoms with E-state index < -0.39 is 17.9 Å². The molecule has 0 aliphatic rings. The SMILES string of the molecule is C=C(CCCC(=O)Oc1ccc(C(=O)OCCC)cc1)C(=O)O. The first kappa shape index (κ1) is 18.4. The lowest BCUT2D eigenvalue weighted by molar-refractivity contribution is -0.135. The van der Waals surface area contributed by atoms with Crippen LogP contribution in [0, 0.1) is 0 Å². The number of ether oxygens (including phenoxy) is 2. The standard InChI is InChI=1S/C17H20O6/c1-3-11-22-17(21)13-7-9-14(10-8-13)23-15(18)6-4-5-12(2)16(19)20/h7-10H,2-6,11H2,1H3,(H,19,20). The van der Waals surface area contributed by atoms with Crippen molar-refractivity contribution in [1.29, 1.82) is 0 Å². The molecule has 0 heterocycles. The zero-order chi connectivity index (χ0) is 17.2. The second-order valence-electron chi connectivity index (χ2n) is 4.90. The topological polar surface area (TPSA) is 89.9 Å². The largest absolute Gasteiger partial charge is 0.478 e. The number of hydrogen-bond donors (Lipinski definition) is 1. The number of carboxylic acids is 1. The molecule has 0 saturated heterocycles. The summed E-state index contributed by atoms with van der Waals surface area (Å²) in [7, 11) is 0. The van der Waals surface area contributed by atoms with Crippen molar-refractivity contribution in [3.63, 3.8) is 0 Å². The van der Waals surface area contributed by atoms with Gasteiger partial charge in [0.1, 0.15) is 5.75 Å². The summed E-state index contributed by atoms with van der Waals surface area (Å²) in [5.74, 6) is -1.63. The van der Waals surface area contributed by atoms with Crippen LogP contribution in [0.1, 0.15) is 43.0 Å². The molecule has 0 amide bonds. The summed E-state index contributed by atoms with van der Waals surface area (Å²) in [5.41, 5.74) is 0.448. The van der Waals surface area contributed by atoms with E-state index in [1.54, 1.807) is 0 Å². The van der Waals surface area contributed by atoms with Crippen molar-refractivity contribution in [2.45, 2.75) is 32.6 Å². The molecule has 0 unspecified atom stereocenters. The smallest absolute Gasteiger partial charge is 0.338 e. The Kier molecular flexibility index (Phi) is 7.53. The van der Waals surface area contributed by atoms with E-state index in [9.17, 15) is 14.4 Å². The Hall–Kier alpha value is -2.63. The third kappa shape index (κ3) is 6.78. The van der Waals surface area contributed by atoms with Crippen LogP contribution in [0.4, 0.5) is 0 Å². The van der Waals surface area contributed by atoms with Gasteiger partial charge in [-0.15, -0.1) is 0 Å².